The van der Waals surface area contributed by atoms with Crippen molar-refractivity contribution in [2.24, 2.45) is 7.05 Å². The largest absolute Gasteiger partial charge is 0.381 e. The zero-order chi connectivity index (χ0) is 27.5. The highest BCUT2D eigenvalue weighted by molar-refractivity contribution is 5.88. The number of aromatic amines is 1. The highest BCUT2D eigenvalue weighted by atomic mass is 19.1. The molecule has 2 atom stereocenters. The van der Waals surface area contributed by atoms with Crippen LogP contribution in [0.4, 0.5) is 14.6 Å². The molecule has 0 saturated carbocycles. The van der Waals surface area contributed by atoms with Gasteiger partial charge in [-0.05, 0) is 68.1 Å². The summed E-state index contributed by atoms with van der Waals surface area (Å²) in [6.07, 6.45) is 4.47. The summed E-state index contributed by atoms with van der Waals surface area (Å²) in [6, 6.07) is 14.9. The molecule has 1 N–H and O–H groups in total. The lowest BCUT2D eigenvalue weighted by Gasteiger charge is -2.48. The van der Waals surface area contributed by atoms with Crippen molar-refractivity contribution < 1.29 is 14.9 Å². The number of nitrogens with zero attached hydrogens (tertiary/aromatic N) is 4. The molecule has 2 fully saturated rings. The molecule has 7 nitrogen and oxygen atoms in total. The lowest BCUT2D eigenvalue weighted by Crippen LogP contribution is -2.58. The average Bonchev–Trinajstić information content (AvgIpc) is 3.62. The zero-order valence-corrected chi connectivity index (χ0v) is 22.6. The normalized spacial score (nSPS) is 19.9. The van der Waals surface area contributed by atoms with Gasteiger partial charge in [-0.2, -0.15) is 4.98 Å². The Hall–Kier alpha value is -3.56. The number of H-pyrrole nitrogens is 1. The Kier molecular flexibility index (Phi) is 8.09. The lowest BCUT2D eigenvalue weighted by molar-refractivity contribution is 0.129. The zero-order valence-electron chi connectivity index (χ0n) is 22.6. The molecule has 0 aliphatic carbocycles. The number of anilines is 1. The van der Waals surface area contributed by atoms with Gasteiger partial charge >= 0.3 is 5.69 Å². The molecule has 2 aliphatic heterocycles. The SMILES string of the molecule is C1CCOC1.C[C@@H]1CN(c2nc(=O)[nH]c3c2ccn3C)[C@@H](C)CN1C(c1ccc(F)cc1)c1ccc(F)cc1.[HH]. The van der Waals surface area contributed by atoms with E-state index in [-0.39, 0.29) is 36.9 Å². The Bertz CT molecular complexity index is 1400. The van der Waals surface area contributed by atoms with Gasteiger partial charge in [0.15, 0.2) is 0 Å². The van der Waals surface area contributed by atoms with Crippen LogP contribution in [0.25, 0.3) is 11.0 Å². The van der Waals surface area contributed by atoms with Crippen LogP contribution in [0.1, 0.15) is 45.3 Å². The van der Waals surface area contributed by atoms with Gasteiger partial charge in [0, 0.05) is 53.1 Å². The number of hydrogen-bond donors (Lipinski definition) is 1. The third kappa shape index (κ3) is 5.89. The summed E-state index contributed by atoms with van der Waals surface area (Å²) in [7, 11) is 1.89. The molecule has 39 heavy (non-hydrogen) atoms. The van der Waals surface area contributed by atoms with E-state index in [4.69, 9.17) is 4.74 Å². The van der Waals surface area contributed by atoms with Crippen molar-refractivity contribution in [1.82, 2.24) is 19.4 Å². The Balaban J connectivity index is 0.000000557. The first-order valence-electron chi connectivity index (χ1n) is 13.5. The second-order valence-electron chi connectivity index (χ2n) is 10.4. The summed E-state index contributed by atoms with van der Waals surface area (Å²) >= 11 is 0. The molecule has 9 heteroatoms. The second-order valence-corrected chi connectivity index (χ2v) is 10.4. The van der Waals surface area contributed by atoms with Gasteiger partial charge in [0.2, 0.25) is 0 Å². The molecule has 0 unspecified atom stereocenters. The van der Waals surface area contributed by atoms with Crippen molar-refractivity contribution in [3.05, 3.63) is 94.0 Å². The Morgan fingerprint density at radius 1 is 0.923 bits per heavy atom. The predicted molar refractivity (Wildman–Crippen MR) is 151 cm³/mol. The molecular formula is C30H37F2N5O2. The molecule has 4 aromatic rings. The molecule has 0 spiro atoms. The van der Waals surface area contributed by atoms with Gasteiger partial charge < -0.3 is 14.2 Å². The topological polar surface area (TPSA) is 66.4 Å². The lowest BCUT2D eigenvalue weighted by atomic mass is 9.93. The van der Waals surface area contributed by atoms with Crippen molar-refractivity contribution in [2.75, 3.05) is 31.2 Å². The molecule has 0 amide bonds. The fourth-order valence-electron chi connectivity index (χ4n) is 5.55. The van der Waals surface area contributed by atoms with Gasteiger partial charge in [0.25, 0.3) is 0 Å². The van der Waals surface area contributed by atoms with Crippen molar-refractivity contribution in [3.63, 3.8) is 0 Å². The predicted octanol–water partition coefficient (Wildman–Crippen LogP) is 5.27. The van der Waals surface area contributed by atoms with E-state index < -0.39 is 0 Å². The van der Waals surface area contributed by atoms with E-state index >= 15 is 0 Å². The minimum Gasteiger partial charge on any atom is -0.381 e. The van der Waals surface area contributed by atoms with Gasteiger partial charge in [-0.1, -0.05) is 24.3 Å². The Morgan fingerprint density at radius 2 is 1.51 bits per heavy atom. The fraction of sp³-hybridized carbons (Fsp3) is 0.400. The summed E-state index contributed by atoms with van der Waals surface area (Å²) in [5.41, 5.74) is 2.26. The van der Waals surface area contributed by atoms with Crippen LogP contribution in [0, 0.1) is 11.6 Å². The molecular weight excluding hydrogens is 500 g/mol. The number of piperazine rings is 1. The number of fused-ring (bicyclic) bond motifs is 1. The van der Waals surface area contributed by atoms with Crippen LogP contribution in [0.3, 0.4) is 0 Å². The van der Waals surface area contributed by atoms with E-state index in [0.717, 1.165) is 35.4 Å². The number of aromatic nitrogens is 3. The minimum absolute atomic E-state index is 0. The monoisotopic (exact) mass is 537 g/mol. The Morgan fingerprint density at radius 3 is 2.05 bits per heavy atom. The number of benzene rings is 2. The van der Waals surface area contributed by atoms with E-state index in [9.17, 15) is 13.6 Å². The van der Waals surface area contributed by atoms with Crippen LogP contribution in [0.2, 0.25) is 0 Å². The molecule has 0 bridgehead atoms. The molecule has 0 radical (unpaired) electrons. The molecule has 2 aromatic carbocycles. The van der Waals surface area contributed by atoms with Crippen LogP contribution in [0.5, 0.6) is 0 Å². The van der Waals surface area contributed by atoms with Gasteiger partial charge in [-0.3, -0.25) is 9.88 Å². The highest BCUT2D eigenvalue weighted by Gasteiger charge is 2.36. The van der Waals surface area contributed by atoms with Crippen molar-refractivity contribution >= 4 is 16.9 Å². The first-order chi connectivity index (χ1) is 18.8. The molecule has 6 rings (SSSR count). The van der Waals surface area contributed by atoms with E-state index in [1.54, 1.807) is 24.3 Å². The van der Waals surface area contributed by atoms with E-state index in [1.165, 1.54) is 37.1 Å². The number of aryl methyl sites for hydroxylation is 1. The van der Waals surface area contributed by atoms with Crippen LogP contribution >= 0.6 is 0 Å². The summed E-state index contributed by atoms with van der Waals surface area (Å²) in [5.74, 6) is 0.0960. The minimum atomic E-state index is -0.373. The molecule has 208 valence electrons. The summed E-state index contributed by atoms with van der Waals surface area (Å²) in [4.78, 5) is 24.0. The third-order valence-corrected chi connectivity index (χ3v) is 7.58. The average molecular weight is 538 g/mol. The van der Waals surface area contributed by atoms with Crippen molar-refractivity contribution in [2.45, 2.75) is 44.8 Å². The van der Waals surface area contributed by atoms with Crippen LogP contribution in [0.15, 0.2) is 65.6 Å². The quantitative estimate of drug-likeness (QED) is 0.384. The van der Waals surface area contributed by atoms with Crippen LogP contribution in [-0.2, 0) is 11.8 Å². The highest BCUT2D eigenvalue weighted by Crippen LogP contribution is 2.35. The molecule has 2 saturated heterocycles. The van der Waals surface area contributed by atoms with E-state index in [0.29, 0.717) is 18.9 Å². The molecule has 2 aromatic heterocycles. The van der Waals surface area contributed by atoms with Crippen molar-refractivity contribution in [1.29, 1.82) is 0 Å². The van der Waals surface area contributed by atoms with Crippen LogP contribution < -0.4 is 10.6 Å². The summed E-state index contributed by atoms with van der Waals surface area (Å²) in [5, 5.41) is 0.906. The molecule has 2 aliphatic rings. The summed E-state index contributed by atoms with van der Waals surface area (Å²) < 4.78 is 34.2. The number of rotatable bonds is 4. The maximum Gasteiger partial charge on any atom is 0.348 e. The van der Waals surface area contributed by atoms with Gasteiger partial charge in [0.05, 0.1) is 11.4 Å². The van der Waals surface area contributed by atoms with Gasteiger partial charge in [0.1, 0.15) is 23.1 Å². The van der Waals surface area contributed by atoms with Crippen LogP contribution in [-0.4, -0.2) is 57.8 Å². The number of ether oxygens (including phenoxy) is 1. The number of hydrogen-bond acceptors (Lipinski definition) is 5. The van der Waals surface area contributed by atoms with Gasteiger partial charge in [-0.15, -0.1) is 0 Å². The third-order valence-electron chi connectivity index (χ3n) is 7.58. The fourth-order valence-corrected chi connectivity index (χ4v) is 5.55. The number of halogens is 2. The smallest absolute Gasteiger partial charge is 0.348 e. The van der Waals surface area contributed by atoms with Crippen molar-refractivity contribution in [3.8, 4) is 0 Å². The standard InChI is InChI=1S/C26H27F2N5O.C4H8O.H2/c1-16-15-33(25-22-12-13-31(3)24(22)29-26(34)30-25)17(2)14-32(16)23(18-4-8-20(27)9-5-18)19-6-10-21(28)11-7-19;1-2-4-5-3-1;/h4-13,16-17,23H,14-15H2,1-3H3,(H,29,30,34);1-4H2;1H/t16-,17+;;/m1../s1. The summed E-state index contributed by atoms with van der Waals surface area (Å²) in [6.45, 7) is 7.58. The molecule has 4 heterocycles. The maximum atomic E-state index is 13.7. The number of nitrogens with one attached hydrogen (secondary N) is 1. The van der Waals surface area contributed by atoms with E-state index in [2.05, 4.69) is 33.6 Å². The maximum absolute atomic E-state index is 13.7. The Labute approximate surface area is 228 Å². The second kappa shape index (κ2) is 11.7. The van der Waals surface area contributed by atoms with E-state index in [1.807, 2.05) is 23.9 Å². The first-order valence-corrected chi connectivity index (χ1v) is 13.5. The first kappa shape index (κ1) is 27.0. The van der Waals surface area contributed by atoms with Gasteiger partial charge in [-0.25, -0.2) is 13.6 Å².